The highest BCUT2D eigenvalue weighted by Gasteiger charge is 2.14. The molecule has 0 radical (unpaired) electrons. The maximum absolute atomic E-state index is 12.0. The molecule has 2 rings (SSSR count). The third-order valence-corrected chi connectivity index (χ3v) is 4.51. The predicted octanol–water partition coefficient (Wildman–Crippen LogP) is 3.41. The van der Waals surface area contributed by atoms with Gasteiger partial charge in [0.1, 0.15) is 5.75 Å². The van der Waals surface area contributed by atoms with Crippen molar-refractivity contribution in [3.63, 3.8) is 0 Å². The highest BCUT2D eigenvalue weighted by molar-refractivity contribution is 7.10. The summed E-state index contributed by atoms with van der Waals surface area (Å²) in [6.45, 7) is 4.65. The fourth-order valence-corrected chi connectivity index (χ4v) is 3.16. The first kappa shape index (κ1) is 17.5. The molecule has 2 aromatic rings. The van der Waals surface area contributed by atoms with Crippen LogP contribution in [0.1, 0.15) is 25.1 Å². The van der Waals surface area contributed by atoms with Gasteiger partial charge in [-0.2, -0.15) is 0 Å². The number of ether oxygens (including phenoxy) is 1. The lowest BCUT2D eigenvalue weighted by molar-refractivity contribution is -0.122. The van der Waals surface area contributed by atoms with E-state index in [1.54, 1.807) is 18.4 Å². The minimum absolute atomic E-state index is 0.0851. The zero-order chi connectivity index (χ0) is 16.8. The van der Waals surface area contributed by atoms with Gasteiger partial charge in [0.15, 0.2) is 0 Å². The first-order chi connectivity index (χ1) is 11.0. The number of rotatable bonds is 7. The largest absolute Gasteiger partial charge is 0.497 e. The number of carbonyl (C=O) groups is 1. The molecule has 1 heterocycles. The Morgan fingerprint density at radius 3 is 2.57 bits per heavy atom. The van der Waals surface area contributed by atoms with Crippen LogP contribution in [0.25, 0.3) is 11.1 Å². The minimum atomic E-state index is -0.434. The van der Waals surface area contributed by atoms with Crippen molar-refractivity contribution in [1.29, 1.82) is 0 Å². The molecule has 4 nitrogen and oxygen atoms in total. The molecule has 1 atom stereocenters. The summed E-state index contributed by atoms with van der Waals surface area (Å²) in [4.78, 5) is 13.1. The molecule has 0 aliphatic rings. The quantitative estimate of drug-likeness (QED) is 0.816. The van der Waals surface area contributed by atoms with Crippen LogP contribution < -0.4 is 15.8 Å². The van der Waals surface area contributed by atoms with Crippen LogP contribution in [0.3, 0.4) is 0 Å². The maximum atomic E-state index is 12.0. The molecule has 5 heteroatoms. The molecule has 0 aliphatic heterocycles. The summed E-state index contributed by atoms with van der Waals surface area (Å²) in [5, 5.41) is 5.01. The van der Waals surface area contributed by atoms with Crippen LogP contribution in [-0.4, -0.2) is 19.1 Å². The number of hydrogen-bond donors (Lipinski definition) is 2. The normalized spacial score (nSPS) is 12.2. The van der Waals surface area contributed by atoms with E-state index in [4.69, 9.17) is 10.5 Å². The Kier molecular flexibility index (Phi) is 6.19. The van der Waals surface area contributed by atoms with E-state index in [2.05, 4.69) is 30.6 Å². The second-order valence-electron chi connectivity index (χ2n) is 5.98. The van der Waals surface area contributed by atoms with Gasteiger partial charge in [-0.15, -0.1) is 11.3 Å². The van der Waals surface area contributed by atoms with Gasteiger partial charge in [0.2, 0.25) is 5.91 Å². The van der Waals surface area contributed by atoms with Crippen LogP contribution in [-0.2, 0) is 11.3 Å². The molecule has 3 N–H and O–H groups in total. The molecule has 0 bridgehead atoms. The maximum Gasteiger partial charge on any atom is 0.237 e. The number of thiophene rings is 1. The van der Waals surface area contributed by atoms with Crippen LogP contribution in [0, 0.1) is 5.92 Å². The summed E-state index contributed by atoms with van der Waals surface area (Å²) in [6, 6.07) is 9.61. The van der Waals surface area contributed by atoms with Gasteiger partial charge in [0, 0.05) is 4.88 Å². The van der Waals surface area contributed by atoms with Crippen LogP contribution >= 0.6 is 11.3 Å². The highest BCUT2D eigenvalue weighted by atomic mass is 32.1. The number of nitrogens with one attached hydrogen (secondary N) is 1. The Labute approximate surface area is 141 Å². The monoisotopic (exact) mass is 332 g/mol. The molecule has 0 aliphatic carbocycles. The molecule has 0 fully saturated rings. The lowest BCUT2D eigenvalue weighted by atomic mass is 10.0. The zero-order valence-corrected chi connectivity index (χ0v) is 14.7. The van der Waals surface area contributed by atoms with Crippen LogP contribution in [0.4, 0.5) is 0 Å². The number of carbonyl (C=O) groups excluding carboxylic acids is 1. The molecule has 0 saturated carbocycles. The first-order valence-electron chi connectivity index (χ1n) is 7.74. The van der Waals surface area contributed by atoms with Crippen LogP contribution in [0.5, 0.6) is 5.75 Å². The Hall–Kier alpha value is -1.85. The second kappa shape index (κ2) is 8.13. The van der Waals surface area contributed by atoms with E-state index in [0.717, 1.165) is 21.8 Å². The smallest absolute Gasteiger partial charge is 0.237 e. The van der Waals surface area contributed by atoms with Gasteiger partial charge in [0.05, 0.1) is 19.7 Å². The van der Waals surface area contributed by atoms with Crippen LogP contribution in [0.2, 0.25) is 0 Å². The average Bonchev–Trinajstić information content (AvgIpc) is 3.01. The third-order valence-electron chi connectivity index (χ3n) is 3.58. The summed E-state index contributed by atoms with van der Waals surface area (Å²) >= 11 is 1.64. The van der Waals surface area contributed by atoms with E-state index >= 15 is 0 Å². The Balaban J connectivity index is 1.93. The van der Waals surface area contributed by atoms with E-state index in [1.165, 1.54) is 0 Å². The topological polar surface area (TPSA) is 64.3 Å². The number of methoxy groups -OCH3 is 1. The van der Waals surface area contributed by atoms with Crippen molar-refractivity contribution in [1.82, 2.24) is 5.32 Å². The summed E-state index contributed by atoms with van der Waals surface area (Å²) in [5.41, 5.74) is 8.17. The molecule has 1 aromatic heterocycles. The molecule has 124 valence electrons. The van der Waals surface area contributed by atoms with Gasteiger partial charge in [-0.05, 0) is 47.0 Å². The Morgan fingerprint density at radius 1 is 1.26 bits per heavy atom. The summed E-state index contributed by atoms with van der Waals surface area (Å²) < 4.78 is 5.17. The van der Waals surface area contributed by atoms with Crippen molar-refractivity contribution in [3.8, 4) is 16.9 Å². The SMILES string of the molecule is COc1ccc(-c2csc(CNC(=O)[C@@H](N)CC(C)C)c2)cc1. The molecule has 23 heavy (non-hydrogen) atoms. The van der Waals surface area contributed by atoms with Crippen molar-refractivity contribution in [3.05, 3.63) is 40.6 Å². The molecule has 0 unspecified atom stereocenters. The van der Waals surface area contributed by atoms with Crippen molar-refractivity contribution in [2.75, 3.05) is 7.11 Å². The van der Waals surface area contributed by atoms with Crippen molar-refractivity contribution in [2.45, 2.75) is 32.9 Å². The second-order valence-corrected chi connectivity index (χ2v) is 6.98. The lowest BCUT2D eigenvalue weighted by Gasteiger charge is -2.13. The van der Waals surface area contributed by atoms with E-state index in [-0.39, 0.29) is 5.91 Å². The summed E-state index contributed by atoms with van der Waals surface area (Å²) in [6.07, 6.45) is 0.702. The van der Waals surface area contributed by atoms with Crippen molar-refractivity contribution < 1.29 is 9.53 Å². The van der Waals surface area contributed by atoms with E-state index in [9.17, 15) is 4.79 Å². The van der Waals surface area contributed by atoms with Gasteiger partial charge in [-0.1, -0.05) is 26.0 Å². The van der Waals surface area contributed by atoms with Gasteiger partial charge in [-0.25, -0.2) is 0 Å². The fourth-order valence-electron chi connectivity index (χ4n) is 2.33. The summed E-state index contributed by atoms with van der Waals surface area (Å²) in [7, 11) is 1.66. The summed E-state index contributed by atoms with van der Waals surface area (Å²) in [5.74, 6) is 1.17. The van der Waals surface area contributed by atoms with E-state index < -0.39 is 6.04 Å². The Morgan fingerprint density at radius 2 is 1.96 bits per heavy atom. The zero-order valence-electron chi connectivity index (χ0n) is 13.8. The van der Waals surface area contributed by atoms with Crippen molar-refractivity contribution >= 4 is 17.2 Å². The van der Waals surface area contributed by atoms with Gasteiger partial charge in [-0.3, -0.25) is 4.79 Å². The lowest BCUT2D eigenvalue weighted by Crippen LogP contribution is -2.40. The number of hydrogen-bond acceptors (Lipinski definition) is 4. The average molecular weight is 332 g/mol. The molecule has 0 saturated heterocycles. The minimum Gasteiger partial charge on any atom is -0.497 e. The molecule has 1 aromatic carbocycles. The molecule has 1 amide bonds. The Bertz CT molecular complexity index is 635. The van der Waals surface area contributed by atoms with Crippen LogP contribution in [0.15, 0.2) is 35.7 Å². The number of amides is 1. The van der Waals surface area contributed by atoms with Gasteiger partial charge < -0.3 is 15.8 Å². The first-order valence-corrected chi connectivity index (χ1v) is 8.62. The standard InChI is InChI=1S/C18H24N2O2S/c1-12(2)8-17(19)18(21)20-10-16-9-14(11-23-16)13-4-6-15(22-3)7-5-13/h4-7,9,11-12,17H,8,10,19H2,1-3H3,(H,20,21)/t17-/m0/s1. The molecular formula is C18H24N2O2S. The number of benzene rings is 1. The van der Waals surface area contributed by atoms with E-state index in [0.29, 0.717) is 18.9 Å². The predicted molar refractivity (Wildman–Crippen MR) is 95.6 cm³/mol. The highest BCUT2D eigenvalue weighted by Crippen LogP contribution is 2.27. The number of nitrogens with two attached hydrogens (primary N) is 1. The fraction of sp³-hybridized carbons (Fsp3) is 0.389. The van der Waals surface area contributed by atoms with Gasteiger partial charge in [0.25, 0.3) is 0 Å². The third kappa shape index (κ3) is 5.08. The molecular weight excluding hydrogens is 308 g/mol. The van der Waals surface area contributed by atoms with E-state index in [1.807, 2.05) is 24.3 Å². The van der Waals surface area contributed by atoms with Gasteiger partial charge >= 0.3 is 0 Å². The van der Waals surface area contributed by atoms with Crippen molar-refractivity contribution in [2.24, 2.45) is 11.7 Å². The molecule has 0 spiro atoms.